The van der Waals surface area contributed by atoms with Gasteiger partial charge in [0.2, 0.25) is 0 Å². The summed E-state index contributed by atoms with van der Waals surface area (Å²) in [6, 6.07) is 8.06. The number of carbonyl (C=O) groups excluding carboxylic acids is 1. The maximum atomic E-state index is 11.9. The third kappa shape index (κ3) is 4.06. The molecule has 0 spiro atoms. The Morgan fingerprint density at radius 1 is 1.29 bits per heavy atom. The van der Waals surface area contributed by atoms with Gasteiger partial charge in [-0.05, 0) is 39.3 Å². The van der Waals surface area contributed by atoms with Gasteiger partial charge < -0.3 is 9.30 Å². The van der Waals surface area contributed by atoms with E-state index in [-0.39, 0.29) is 5.97 Å². The number of esters is 1. The molecule has 2 rings (SSSR count). The van der Waals surface area contributed by atoms with Crippen LogP contribution in [0.2, 0.25) is 0 Å². The summed E-state index contributed by atoms with van der Waals surface area (Å²) in [6.07, 6.45) is 2.33. The molecule has 21 heavy (non-hydrogen) atoms. The van der Waals surface area contributed by atoms with Crippen molar-refractivity contribution in [1.29, 1.82) is 0 Å². The van der Waals surface area contributed by atoms with Crippen LogP contribution in [0.5, 0.6) is 0 Å². The minimum Gasteiger partial charge on any atom is -0.460 e. The van der Waals surface area contributed by atoms with Gasteiger partial charge in [0.25, 0.3) is 0 Å². The molecule has 1 aromatic heterocycles. The van der Waals surface area contributed by atoms with Crippen LogP contribution in [0.25, 0.3) is 11.0 Å². The normalized spacial score (nSPS) is 11.8. The Kier molecular flexibility index (Phi) is 4.66. The quantitative estimate of drug-likeness (QED) is 0.788. The molecule has 0 unspecified atom stereocenters. The fourth-order valence-electron chi connectivity index (χ4n) is 2.38. The average Bonchev–Trinajstić information content (AvgIpc) is 2.72. The van der Waals surface area contributed by atoms with Gasteiger partial charge >= 0.3 is 5.97 Å². The summed E-state index contributed by atoms with van der Waals surface area (Å²) in [5.74, 6) is 0.880. The molecule has 0 atom stereocenters. The van der Waals surface area contributed by atoms with E-state index in [2.05, 4.69) is 22.5 Å². The molecule has 2 aromatic rings. The molecule has 0 aliphatic heterocycles. The van der Waals surface area contributed by atoms with E-state index in [4.69, 9.17) is 4.74 Å². The van der Waals surface area contributed by atoms with Gasteiger partial charge in [0.15, 0.2) is 0 Å². The second-order valence-corrected chi connectivity index (χ2v) is 6.25. The molecule has 0 saturated carbocycles. The lowest BCUT2D eigenvalue weighted by molar-refractivity contribution is -0.155. The number of fused-ring (bicyclic) bond motifs is 1. The minimum atomic E-state index is -0.430. The molecule has 0 saturated heterocycles. The number of aromatic nitrogens is 2. The Morgan fingerprint density at radius 3 is 2.67 bits per heavy atom. The third-order valence-electron chi connectivity index (χ3n) is 3.17. The molecule has 114 valence electrons. The molecule has 0 fully saturated rings. The summed E-state index contributed by atoms with van der Waals surface area (Å²) in [5, 5.41) is 0. The lowest BCUT2D eigenvalue weighted by Gasteiger charge is -2.19. The summed E-state index contributed by atoms with van der Waals surface area (Å²) in [4.78, 5) is 16.6. The van der Waals surface area contributed by atoms with Crippen LogP contribution in [0.1, 0.15) is 46.4 Å². The van der Waals surface area contributed by atoms with Crippen LogP contribution in [0.3, 0.4) is 0 Å². The molecular weight excluding hydrogens is 264 g/mol. The van der Waals surface area contributed by atoms with Gasteiger partial charge in [-0.25, -0.2) is 4.98 Å². The van der Waals surface area contributed by atoms with Gasteiger partial charge in [-0.15, -0.1) is 0 Å². The first-order valence-electron chi connectivity index (χ1n) is 7.56. The number of hydrogen-bond donors (Lipinski definition) is 0. The van der Waals surface area contributed by atoms with Crippen LogP contribution in [0.15, 0.2) is 24.3 Å². The number of nitrogens with zero attached hydrogens (tertiary/aromatic N) is 2. The molecule has 1 heterocycles. The Bertz CT molecular complexity index is 623. The van der Waals surface area contributed by atoms with E-state index in [0.717, 1.165) is 29.7 Å². The number of para-hydroxylation sites is 2. The molecule has 4 heteroatoms. The predicted molar refractivity (Wildman–Crippen MR) is 84.2 cm³/mol. The highest BCUT2D eigenvalue weighted by Crippen LogP contribution is 2.18. The highest BCUT2D eigenvalue weighted by atomic mass is 16.6. The summed E-state index contributed by atoms with van der Waals surface area (Å²) in [6.45, 7) is 8.42. The predicted octanol–water partition coefficient (Wildman–Crippen LogP) is 3.72. The number of rotatable bonds is 5. The van der Waals surface area contributed by atoms with Crippen molar-refractivity contribution in [3.8, 4) is 0 Å². The van der Waals surface area contributed by atoms with E-state index in [1.54, 1.807) is 0 Å². The maximum absolute atomic E-state index is 11.9. The number of aryl methyl sites for hydroxylation is 2. The first-order valence-corrected chi connectivity index (χ1v) is 7.56. The third-order valence-corrected chi connectivity index (χ3v) is 3.17. The van der Waals surface area contributed by atoms with Crippen molar-refractivity contribution in [2.75, 3.05) is 0 Å². The zero-order valence-electron chi connectivity index (χ0n) is 13.3. The lowest BCUT2D eigenvalue weighted by atomic mass is 10.2. The van der Waals surface area contributed by atoms with Crippen LogP contribution in [0.4, 0.5) is 0 Å². The highest BCUT2D eigenvalue weighted by molar-refractivity contribution is 5.76. The number of imidazole rings is 1. The Morgan fingerprint density at radius 2 is 2.00 bits per heavy atom. The number of ether oxygens (including phenoxy) is 1. The van der Waals surface area contributed by atoms with E-state index in [1.807, 2.05) is 39.0 Å². The lowest BCUT2D eigenvalue weighted by Crippen LogP contribution is -2.24. The SMILES string of the molecule is CCCc1nc2ccccc2n1CCC(=O)OC(C)(C)C. The zero-order chi connectivity index (χ0) is 15.5. The largest absolute Gasteiger partial charge is 0.460 e. The standard InChI is InChI=1S/C17H24N2O2/c1-5-8-15-18-13-9-6-7-10-14(13)19(15)12-11-16(20)21-17(2,3)4/h6-7,9-10H,5,8,11-12H2,1-4H3. The zero-order valence-corrected chi connectivity index (χ0v) is 13.3. The van der Waals surface area contributed by atoms with Gasteiger partial charge in [-0.1, -0.05) is 19.1 Å². The molecule has 0 radical (unpaired) electrons. The average molecular weight is 288 g/mol. The van der Waals surface area contributed by atoms with Crippen molar-refractivity contribution >= 4 is 17.0 Å². The number of hydrogen-bond acceptors (Lipinski definition) is 3. The number of benzene rings is 1. The van der Waals surface area contributed by atoms with E-state index in [9.17, 15) is 4.79 Å². The molecule has 0 N–H and O–H groups in total. The highest BCUT2D eigenvalue weighted by Gasteiger charge is 2.17. The monoisotopic (exact) mass is 288 g/mol. The fourth-order valence-corrected chi connectivity index (χ4v) is 2.38. The second-order valence-electron chi connectivity index (χ2n) is 6.25. The van der Waals surface area contributed by atoms with Gasteiger partial charge in [-0.3, -0.25) is 4.79 Å². The molecule has 0 aliphatic rings. The Hall–Kier alpha value is -1.84. The summed E-state index contributed by atoms with van der Waals surface area (Å²) in [5.41, 5.74) is 1.65. The van der Waals surface area contributed by atoms with E-state index >= 15 is 0 Å². The molecule has 0 amide bonds. The topological polar surface area (TPSA) is 44.1 Å². The van der Waals surface area contributed by atoms with Crippen molar-refractivity contribution in [2.24, 2.45) is 0 Å². The van der Waals surface area contributed by atoms with Crippen LogP contribution >= 0.6 is 0 Å². The van der Waals surface area contributed by atoms with E-state index in [0.29, 0.717) is 13.0 Å². The van der Waals surface area contributed by atoms with Crippen molar-refractivity contribution in [2.45, 2.75) is 59.1 Å². The van der Waals surface area contributed by atoms with Crippen molar-refractivity contribution in [3.63, 3.8) is 0 Å². The second kappa shape index (κ2) is 6.29. The number of carbonyl (C=O) groups is 1. The van der Waals surface area contributed by atoms with Crippen molar-refractivity contribution < 1.29 is 9.53 Å². The van der Waals surface area contributed by atoms with Gasteiger partial charge in [0.05, 0.1) is 17.5 Å². The summed E-state index contributed by atoms with van der Waals surface area (Å²) < 4.78 is 7.52. The van der Waals surface area contributed by atoms with Crippen LogP contribution < -0.4 is 0 Å². The van der Waals surface area contributed by atoms with E-state index in [1.165, 1.54) is 0 Å². The van der Waals surface area contributed by atoms with Crippen LogP contribution in [-0.4, -0.2) is 21.1 Å². The molecular formula is C17H24N2O2. The van der Waals surface area contributed by atoms with Gasteiger partial charge in [0.1, 0.15) is 11.4 Å². The van der Waals surface area contributed by atoms with Crippen molar-refractivity contribution in [1.82, 2.24) is 9.55 Å². The minimum absolute atomic E-state index is 0.164. The first-order chi connectivity index (χ1) is 9.90. The van der Waals surface area contributed by atoms with Gasteiger partial charge in [-0.2, -0.15) is 0 Å². The smallest absolute Gasteiger partial charge is 0.308 e. The Labute approximate surface area is 126 Å². The van der Waals surface area contributed by atoms with Crippen LogP contribution in [0, 0.1) is 0 Å². The van der Waals surface area contributed by atoms with Crippen LogP contribution in [-0.2, 0) is 22.5 Å². The molecule has 0 aliphatic carbocycles. The molecule has 0 bridgehead atoms. The molecule has 4 nitrogen and oxygen atoms in total. The van der Waals surface area contributed by atoms with Gasteiger partial charge in [0, 0.05) is 13.0 Å². The van der Waals surface area contributed by atoms with Crippen molar-refractivity contribution in [3.05, 3.63) is 30.1 Å². The van der Waals surface area contributed by atoms with E-state index < -0.39 is 5.60 Å². The summed E-state index contributed by atoms with van der Waals surface area (Å²) in [7, 11) is 0. The Balaban J connectivity index is 2.17. The summed E-state index contributed by atoms with van der Waals surface area (Å²) >= 11 is 0. The first kappa shape index (κ1) is 15.5. The molecule has 1 aromatic carbocycles. The maximum Gasteiger partial charge on any atom is 0.308 e. The fraction of sp³-hybridized carbons (Fsp3) is 0.529.